The van der Waals surface area contributed by atoms with Gasteiger partial charge in [-0.15, -0.1) is 0 Å². The Morgan fingerprint density at radius 1 is 1.30 bits per heavy atom. The molecule has 0 fully saturated rings. The van der Waals surface area contributed by atoms with E-state index >= 15 is 0 Å². The van der Waals surface area contributed by atoms with Gasteiger partial charge in [0.25, 0.3) is 0 Å². The smallest absolute Gasteiger partial charge is 0.209 e. The van der Waals surface area contributed by atoms with Gasteiger partial charge in [0.15, 0.2) is 5.60 Å². The van der Waals surface area contributed by atoms with Gasteiger partial charge in [0, 0.05) is 0 Å². The molecule has 20 heavy (non-hydrogen) atoms. The van der Waals surface area contributed by atoms with Crippen LogP contribution in [0, 0.1) is 6.92 Å². The van der Waals surface area contributed by atoms with Crippen molar-refractivity contribution in [1.82, 2.24) is 0 Å². The third-order valence-electron chi connectivity index (χ3n) is 3.52. The summed E-state index contributed by atoms with van der Waals surface area (Å²) in [7, 11) is 0. The fourth-order valence-corrected chi connectivity index (χ4v) is 2.09. The largest absolute Gasteiger partial charge is 0.493 e. The Morgan fingerprint density at radius 3 is 2.65 bits per heavy atom. The van der Waals surface area contributed by atoms with Crippen LogP contribution in [0.2, 0.25) is 0 Å². The molecule has 1 aromatic rings. The zero-order valence-electron chi connectivity index (χ0n) is 12.7. The number of benzene rings is 1. The first-order valence-electron chi connectivity index (χ1n) is 7.12. The normalized spacial score (nSPS) is 16.8. The lowest BCUT2D eigenvalue weighted by Crippen LogP contribution is -2.28. The van der Waals surface area contributed by atoms with Gasteiger partial charge in [0.2, 0.25) is 5.78 Å². The number of ether oxygens (including phenoxy) is 2. The number of rotatable bonds is 5. The summed E-state index contributed by atoms with van der Waals surface area (Å²) >= 11 is 0. The molecule has 0 unspecified atom stereocenters. The first-order chi connectivity index (χ1) is 9.45. The van der Waals surface area contributed by atoms with Crippen LogP contribution in [0.15, 0.2) is 24.5 Å². The van der Waals surface area contributed by atoms with Crippen molar-refractivity contribution in [2.24, 2.45) is 0 Å². The second-order valence-electron chi connectivity index (χ2n) is 5.67. The summed E-state index contributed by atoms with van der Waals surface area (Å²) in [6.45, 7) is 8.41. The molecular weight excluding hydrogens is 252 g/mol. The van der Waals surface area contributed by atoms with Crippen LogP contribution in [0.1, 0.15) is 44.7 Å². The maximum absolute atomic E-state index is 12.2. The quantitative estimate of drug-likeness (QED) is 0.764. The summed E-state index contributed by atoms with van der Waals surface area (Å²) in [4.78, 5) is 12.2. The van der Waals surface area contributed by atoms with E-state index in [9.17, 15) is 4.79 Å². The SMILES string of the molecule is CCCCOc1cc(C2=COC(C)(C)C2=O)ccc1C. The summed E-state index contributed by atoms with van der Waals surface area (Å²) in [5.41, 5.74) is 1.80. The van der Waals surface area contributed by atoms with Crippen LogP contribution in [-0.2, 0) is 9.53 Å². The molecular formula is C17H22O3. The molecule has 0 N–H and O–H groups in total. The van der Waals surface area contributed by atoms with Crippen molar-refractivity contribution >= 4 is 11.4 Å². The zero-order valence-corrected chi connectivity index (χ0v) is 12.7. The summed E-state index contributed by atoms with van der Waals surface area (Å²) < 4.78 is 11.2. The van der Waals surface area contributed by atoms with Crippen molar-refractivity contribution in [3.63, 3.8) is 0 Å². The number of Topliss-reactive ketones (excluding diaryl/α,β-unsaturated/α-hetero) is 1. The third-order valence-corrected chi connectivity index (χ3v) is 3.52. The molecule has 0 atom stereocenters. The molecule has 0 aliphatic carbocycles. The number of carbonyl (C=O) groups excluding carboxylic acids is 1. The van der Waals surface area contributed by atoms with Crippen molar-refractivity contribution in [1.29, 1.82) is 0 Å². The summed E-state index contributed by atoms with van der Waals surface area (Å²) in [6, 6.07) is 5.85. The van der Waals surface area contributed by atoms with E-state index in [1.165, 1.54) is 0 Å². The van der Waals surface area contributed by atoms with E-state index in [1.54, 1.807) is 20.1 Å². The van der Waals surface area contributed by atoms with E-state index in [1.807, 2.05) is 25.1 Å². The number of aryl methyl sites for hydroxylation is 1. The van der Waals surface area contributed by atoms with E-state index in [0.29, 0.717) is 12.2 Å². The highest BCUT2D eigenvalue weighted by Gasteiger charge is 2.37. The van der Waals surface area contributed by atoms with E-state index in [4.69, 9.17) is 9.47 Å². The van der Waals surface area contributed by atoms with E-state index in [2.05, 4.69) is 6.92 Å². The van der Waals surface area contributed by atoms with Crippen molar-refractivity contribution < 1.29 is 14.3 Å². The Morgan fingerprint density at radius 2 is 2.05 bits per heavy atom. The molecule has 2 rings (SSSR count). The summed E-state index contributed by atoms with van der Waals surface area (Å²) in [5, 5.41) is 0. The summed E-state index contributed by atoms with van der Waals surface area (Å²) in [5.74, 6) is 0.857. The molecule has 3 nitrogen and oxygen atoms in total. The molecule has 0 bridgehead atoms. The van der Waals surface area contributed by atoms with Crippen molar-refractivity contribution in [2.75, 3.05) is 6.61 Å². The standard InChI is InChI=1S/C17H22O3/c1-5-6-9-19-15-10-13(8-7-12(15)2)14-11-20-17(3,4)16(14)18/h7-8,10-11H,5-6,9H2,1-4H3. The number of carbonyl (C=O) groups is 1. The molecule has 3 heteroatoms. The van der Waals surface area contributed by atoms with E-state index in [-0.39, 0.29) is 5.78 Å². The second kappa shape index (κ2) is 5.70. The van der Waals surface area contributed by atoms with Crippen molar-refractivity contribution in [3.05, 3.63) is 35.6 Å². The lowest BCUT2D eigenvalue weighted by molar-refractivity contribution is -0.125. The Hall–Kier alpha value is -1.77. The number of hydrogen-bond donors (Lipinski definition) is 0. The van der Waals surface area contributed by atoms with Gasteiger partial charge in [-0.3, -0.25) is 4.79 Å². The maximum Gasteiger partial charge on any atom is 0.209 e. The molecule has 0 aromatic heterocycles. The van der Waals surface area contributed by atoms with Gasteiger partial charge < -0.3 is 9.47 Å². The highest BCUT2D eigenvalue weighted by atomic mass is 16.5. The Bertz CT molecular complexity index is 541. The molecule has 1 aliphatic heterocycles. The molecule has 1 aromatic carbocycles. The van der Waals surface area contributed by atoms with Crippen LogP contribution >= 0.6 is 0 Å². The maximum atomic E-state index is 12.2. The van der Waals surface area contributed by atoms with Gasteiger partial charge >= 0.3 is 0 Å². The number of hydrogen-bond acceptors (Lipinski definition) is 3. The van der Waals surface area contributed by atoms with Crippen LogP contribution in [0.4, 0.5) is 0 Å². The highest BCUT2D eigenvalue weighted by Crippen LogP contribution is 2.33. The zero-order chi connectivity index (χ0) is 14.8. The van der Waals surface area contributed by atoms with Gasteiger partial charge in [-0.1, -0.05) is 25.5 Å². The predicted octanol–water partition coefficient (Wildman–Crippen LogP) is 3.89. The topological polar surface area (TPSA) is 35.5 Å². The van der Waals surface area contributed by atoms with Gasteiger partial charge in [-0.05, 0) is 44.4 Å². The minimum Gasteiger partial charge on any atom is -0.493 e. The fraction of sp³-hybridized carbons (Fsp3) is 0.471. The van der Waals surface area contributed by atoms with Gasteiger partial charge in [0.1, 0.15) is 5.75 Å². The Kier molecular flexibility index (Phi) is 4.17. The number of ketones is 1. The monoisotopic (exact) mass is 274 g/mol. The molecule has 0 amide bonds. The average Bonchev–Trinajstić information content (AvgIpc) is 2.67. The van der Waals surface area contributed by atoms with Crippen LogP contribution in [0.3, 0.4) is 0 Å². The predicted molar refractivity (Wildman–Crippen MR) is 79.7 cm³/mol. The molecule has 0 saturated heterocycles. The molecule has 0 spiro atoms. The average molecular weight is 274 g/mol. The minimum atomic E-state index is -0.760. The lowest BCUT2D eigenvalue weighted by Gasteiger charge is -2.15. The molecule has 0 saturated carbocycles. The Labute approximate surface area is 120 Å². The second-order valence-corrected chi connectivity index (χ2v) is 5.67. The number of unbranched alkanes of at least 4 members (excludes halogenated alkanes) is 1. The molecule has 108 valence electrons. The molecule has 0 radical (unpaired) electrons. The minimum absolute atomic E-state index is 0.0147. The Balaban J connectivity index is 2.22. The van der Waals surface area contributed by atoms with Crippen LogP contribution in [-0.4, -0.2) is 18.0 Å². The lowest BCUT2D eigenvalue weighted by atomic mass is 9.94. The van der Waals surface area contributed by atoms with Crippen LogP contribution in [0.5, 0.6) is 5.75 Å². The third kappa shape index (κ3) is 2.87. The summed E-state index contributed by atoms with van der Waals surface area (Å²) in [6.07, 6.45) is 3.69. The fourth-order valence-electron chi connectivity index (χ4n) is 2.09. The highest BCUT2D eigenvalue weighted by molar-refractivity contribution is 6.25. The van der Waals surface area contributed by atoms with E-state index in [0.717, 1.165) is 29.7 Å². The molecule has 1 heterocycles. The van der Waals surface area contributed by atoms with Gasteiger partial charge in [-0.25, -0.2) is 0 Å². The van der Waals surface area contributed by atoms with Gasteiger partial charge in [-0.2, -0.15) is 0 Å². The van der Waals surface area contributed by atoms with Gasteiger partial charge in [0.05, 0.1) is 18.4 Å². The van der Waals surface area contributed by atoms with Crippen LogP contribution in [0.25, 0.3) is 5.57 Å². The van der Waals surface area contributed by atoms with Crippen molar-refractivity contribution in [3.8, 4) is 5.75 Å². The van der Waals surface area contributed by atoms with E-state index < -0.39 is 5.60 Å². The first-order valence-corrected chi connectivity index (χ1v) is 7.12. The van der Waals surface area contributed by atoms with Crippen LogP contribution < -0.4 is 4.74 Å². The first kappa shape index (κ1) is 14.6. The molecule has 1 aliphatic rings. The van der Waals surface area contributed by atoms with Crippen molar-refractivity contribution in [2.45, 2.75) is 46.1 Å².